The Morgan fingerprint density at radius 3 is 3.07 bits per heavy atom. The molecule has 1 atom stereocenters. The van der Waals surface area contributed by atoms with E-state index in [0.717, 1.165) is 10.7 Å². The van der Waals surface area contributed by atoms with Crippen molar-refractivity contribution >= 4 is 23.2 Å². The van der Waals surface area contributed by atoms with Gasteiger partial charge in [0.25, 0.3) is 5.91 Å². The van der Waals surface area contributed by atoms with Gasteiger partial charge in [0.1, 0.15) is 5.01 Å². The number of nitrogens with one attached hydrogen (secondary N) is 2. The number of carbonyl (C=O) groups is 1. The molecular formula is C9H12N4OS. The average Bonchev–Trinajstić information content (AvgIpc) is 2.73. The van der Waals surface area contributed by atoms with E-state index < -0.39 is 0 Å². The number of aromatic nitrogens is 1. The number of guanidine groups is 1. The molecule has 0 bridgehead atoms. The fourth-order valence-corrected chi connectivity index (χ4v) is 2.19. The second-order valence-electron chi connectivity index (χ2n) is 3.22. The van der Waals surface area contributed by atoms with Gasteiger partial charge in [-0.25, -0.2) is 4.98 Å². The van der Waals surface area contributed by atoms with Crippen LogP contribution in [0.2, 0.25) is 0 Å². The Morgan fingerprint density at radius 1 is 1.67 bits per heavy atom. The van der Waals surface area contributed by atoms with Crippen LogP contribution >= 0.6 is 11.3 Å². The van der Waals surface area contributed by atoms with E-state index in [-0.39, 0.29) is 11.9 Å². The van der Waals surface area contributed by atoms with Crippen LogP contribution in [0, 0.1) is 6.92 Å². The predicted molar refractivity (Wildman–Crippen MR) is 58.8 cm³/mol. The van der Waals surface area contributed by atoms with Gasteiger partial charge in [-0.05, 0) is 13.8 Å². The van der Waals surface area contributed by atoms with Crippen molar-refractivity contribution in [3.8, 4) is 0 Å². The van der Waals surface area contributed by atoms with Gasteiger partial charge in [-0.2, -0.15) is 0 Å². The molecule has 1 saturated heterocycles. The first kappa shape index (κ1) is 10.1. The van der Waals surface area contributed by atoms with E-state index in [0.29, 0.717) is 12.5 Å². The van der Waals surface area contributed by atoms with Crippen LogP contribution in [0.3, 0.4) is 0 Å². The highest BCUT2D eigenvalue weighted by atomic mass is 32.1. The van der Waals surface area contributed by atoms with Crippen LogP contribution in [-0.4, -0.2) is 23.4 Å². The third-order valence-electron chi connectivity index (χ3n) is 1.98. The molecule has 2 N–H and O–H groups in total. The normalized spacial score (nSPS) is 22.9. The first-order valence-corrected chi connectivity index (χ1v) is 5.62. The molecule has 0 saturated carbocycles. The molecule has 5 nitrogen and oxygen atoms in total. The van der Waals surface area contributed by atoms with Crippen LogP contribution in [0.25, 0.3) is 0 Å². The molecule has 0 radical (unpaired) electrons. The van der Waals surface area contributed by atoms with Crippen LogP contribution < -0.4 is 10.6 Å². The maximum Gasteiger partial charge on any atom is 0.256 e. The van der Waals surface area contributed by atoms with Crippen LogP contribution in [0.1, 0.15) is 23.7 Å². The average molecular weight is 224 g/mol. The molecule has 2 heterocycles. The molecule has 1 aromatic rings. The smallest absolute Gasteiger partial charge is 0.256 e. The van der Waals surface area contributed by atoms with E-state index in [4.69, 9.17) is 0 Å². The molecule has 1 aromatic heterocycles. The molecular weight excluding hydrogens is 212 g/mol. The Bertz CT molecular complexity index is 412. The fraction of sp³-hybridized carbons (Fsp3) is 0.444. The quantitative estimate of drug-likeness (QED) is 0.772. The van der Waals surface area contributed by atoms with Gasteiger partial charge in [0.15, 0.2) is 12.0 Å². The van der Waals surface area contributed by atoms with E-state index in [9.17, 15) is 4.79 Å². The van der Waals surface area contributed by atoms with Gasteiger partial charge < -0.3 is 5.32 Å². The summed E-state index contributed by atoms with van der Waals surface area (Å²) in [7, 11) is 0. The molecule has 1 amide bonds. The van der Waals surface area contributed by atoms with E-state index >= 15 is 0 Å². The number of rotatable bonds is 2. The van der Waals surface area contributed by atoms with Gasteiger partial charge in [-0.3, -0.25) is 15.1 Å². The number of nitrogens with zero attached hydrogens (tertiary/aromatic N) is 2. The van der Waals surface area contributed by atoms with Crippen molar-refractivity contribution in [3.63, 3.8) is 0 Å². The number of hydrogen-bond donors (Lipinski definition) is 2. The number of amides is 1. The highest BCUT2D eigenvalue weighted by Gasteiger charge is 2.31. The Kier molecular flexibility index (Phi) is 2.68. The maximum absolute atomic E-state index is 11.6. The van der Waals surface area contributed by atoms with Gasteiger partial charge in [0.2, 0.25) is 0 Å². The summed E-state index contributed by atoms with van der Waals surface area (Å²) in [5, 5.41) is 8.40. The van der Waals surface area contributed by atoms with Crippen molar-refractivity contribution in [2.24, 2.45) is 4.99 Å². The molecule has 1 unspecified atom stereocenters. The second kappa shape index (κ2) is 3.98. The number of aliphatic imine (C=N–C) groups is 1. The lowest BCUT2D eigenvalue weighted by Crippen LogP contribution is -2.25. The van der Waals surface area contributed by atoms with Crippen LogP contribution in [0.5, 0.6) is 0 Å². The van der Waals surface area contributed by atoms with Gasteiger partial charge in [-0.15, -0.1) is 11.3 Å². The Hall–Kier alpha value is -1.43. The van der Waals surface area contributed by atoms with Crippen LogP contribution in [0.15, 0.2) is 10.4 Å². The van der Waals surface area contributed by atoms with Crippen molar-refractivity contribution in [3.05, 3.63) is 16.1 Å². The SMILES string of the molecule is CCN=C1NC(=O)C(c2nc(C)cs2)N1. The minimum atomic E-state index is -0.381. The van der Waals surface area contributed by atoms with E-state index in [1.54, 1.807) is 0 Å². The minimum absolute atomic E-state index is 0.0865. The van der Waals surface area contributed by atoms with E-state index in [1.807, 2.05) is 19.2 Å². The largest absolute Gasteiger partial charge is 0.338 e. The summed E-state index contributed by atoms with van der Waals surface area (Å²) in [6, 6.07) is -0.381. The molecule has 2 rings (SSSR count). The highest BCUT2D eigenvalue weighted by Crippen LogP contribution is 2.20. The van der Waals surface area contributed by atoms with Gasteiger partial charge in [0, 0.05) is 17.6 Å². The molecule has 1 fully saturated rings. The fourth-order valence-electron chi connectivity index (χ4n) is 1.35. The molecule has 1 aliphatic rings. The third-order valence-corrected chi connectivity index (χ3v) is 3.01. The summed E-state index contributed by atoms with van der Waals surface area (Å²) >= 11 is 1.48. The molecule has 6 heteroatoms. The van der Waals surface area contributed by atoms with Crippen molar-refractivity contribution in [1.82, 2.24) is 15.6 Å². The minimum Gasteiger partial charge on any atom is -0.338 e. The lowest BCUT2D eigenvalue weighted by atomic mass is 10.3. The third kappa shape index (κ3) is 1.99. The first-order valence-electron chi connectivity index (χ1n) is 4.74. The Morgan fingerprint density at radius 2 is 2.47 bits per heavy atom. The maximum atomic E-state index is 11.6. The highest BCUT2D eigenvalue weighted by molar-refractivity contribution is 7.09. The lowest BCUT2D eigenvalue weighted by Gasteiger charge is -2.02. The standard InChI is InChI=1S/C9H12N4OS/c1-3-10-9-12-6(7(14)13-9)8-11-5(2)4-15-8/h4,6H,3H2,1-2H3,(H2,10,12,13,14). The molecule has 0 spiro atoms. The summed E-state index contributed by atoms with van der Waals surface area (Å²) in [5.41, 5.74) is 0.936. The second-order valence-corrected chi connectivity index (χ2v) is 4.11. The summed E-state index contributed by atoms with van der Waals surface area (Å²) in [4.78, 5) is 20.0. The van der Waals surface area contributed by atoms with Gasteiger partial charge in [0.05, 0.1) is 0 Å². The zero-order valence-electron chi connectivity index (χ0n) is 8.57. The van der Waals surface area contributed by atoms with Crippen molar-refractivity contribution in [2.75, 3.05) is 6.54 Å². The number of thiazole rings is 1. The Balaban J connectivity index is 2.18. The van der Waals surface area contributed by atoms with Gasteiger partial charge >= 0.3 is 0 Å². The topological polar surface area (TPSA) is 66.4 Å². The first-order chi connectivity index (χ1) is 7.20. The zero-order chi connectivity index (χ0) is 10.8. The Labute approximate surface area is 91.6 Å². The summed E-state index contributed by atoms with van der Waals surface area (Å²) in [6.07, 6.45) is 0. The van der Waals surface area contributed by atoms with E-state index in [2.05, 4.69) is 20.6 Å². The summed E-state index contributed by atoms with van der Waals surface area (Å²) in [6.45, 7) is 4.47. The zero-order valence-corrected chi connectivity index (χ0v) is 9.39. The lowest BCUT2D eigenvalue weighted by molar-refractivity contribution is -0.120. The van der Waals surface area contributed by atoms with Gasteiger partial charge in [-0.1, -0.05) is 0 Å². The van der Waals surface area contributed by atoms with E-state index in [1.165, 1.54) is 11.3 Å². The molecule has 15 heavy (non-hydrogen) atoms. The van der Waals surface area contributed by atoms with Crippen molar-refractivity contribution in [2.45, 2.75) is 19.9 Å². The molecule has 0 aromatic carbocycles. The number of hydrogen-bond acceptors (Lipinski definition) is 4. The molecule has 80 valence electrons. The number of carbonyl (C=O) groups excluding carboxylic acids is 1. The predicted octanol–water partition coefficient (Wildman–Crippen LogP) is 0.588. The van der Waals surface area contributed by atoms with Crippen molar-refractivity contribution in [1.29, 1.82) is 0 Å². The van der Waals surface area contributed by atoms with Crippen LogP contribution in [0.4, 0.5) is 0 Å². The molecule has 1 aliphatic heterocycles. The molecule has 0 aliphatic carbocycles. The summed E-state index contributed by atoms with van der Waals surface area (Å²) in [5.74, 6) is 0.455. The monoisotopic (exact) mass is 224 g/mol. The van der Waals surface area contributed by atoms with Crippen molar-refractivity contribution < 1.29 is 4.79 Å². The summed E-state index contributed by atoms with van der Waals surface area (Å²) < 4.78 is 0. The van der Waals surface area contributed by atoms with Crippen LogP contribution in [-0.2, 0) is 4.79 Å². The number of aryl methyl sites for hydroxylation is 1.